The first-order valence-corrected chi connectivity index (χ1v) is 9.42. The van der Waals surface area contributed by atoms with Gasteiger partial charge in [0, 0.05) is 5.92 Å². The predicted octanol–water partition coefficient (Wildman–Crippen LogP) is 3.34. The van der Waals surface area contributed by atoms with Gasteiger partial charge >= 0.3 is 5.97 Å². The average molecular weight is 357 g/mol. The van der Waals surface area contributed by atoms with E-state index in [4.69, 9.17) is 4.74 Å². The van der Waals surface area contributed by atoms with Gasteiger partial charge in [-0.3, -0.25) is 4.90 Å². The summed E-state index contributed by atoms with van der Waals surface area (Å²) in [5.41, 5.74) is -1.97. The van der Waals surface area contributed by atoms with Crippen LogP contribution in [0.2, 0.25) is 0 Å². The van der Waals surface area contributed by atoms with Gasteiger partial charge in [-0.25, -0.2) is 4.79 Å². The standard InChI is InChI=1S/C22H31NO3/c1-21(2,16-11-17-23(3)4)26-20(24)22(25,18-12-7-5-8-13-18)19-14-9-6-10-15-19/h5,7-8,12-13,19,25H,6,9-10,14-15,17H2,1-4H3. The number of esters is 1. The summed E-state index contributed by atoms with van der Waals surface area (Å²) in [6, 6.07) is 9.19. The summed E-state index contributed by atoms with van der Waals surface area (Å²) in [7, 11) is 3.87. The fourth-order valence-corrected chi connectivity index (χ4v) is 3.48. The van der Waals surface area contributed by atoms with Crippen LogP contribution in [0.4, 0.5) is 0 Å². The normalized spacial score (nSPS) is 17.9. The van der Waals surface area contributed by atoms with Gasteiger partial charge in [0.25, 0.3) is 0 Å². The molecule has 0 amide bonds. The number of nitrogens with zero attached hydrogens (tertiary/aromatic N) is 1. The Morgan fingerprint density at radius 3 is 2.38 bits per heavy atom. The van der Waals surface area contributed by atoms with E-state index < -0.39 is 17.2 Å². The molecule has 0 aliphatic heterocycles. The maximum absolute atomic E-state index is 13.1. The largest absolute Gasteiger partial charge is 0.444 e. The Kier molecular flexibility index (Phi) is 6.86. The molecule has 4 nitrogen and oxygen atoms in total. The first-order chi connectivity index (χ1) is 12.3. The van der Waals surface area contributed by atoms with Gasteiger partial charge in [0.15, 0.2) is 11.2 Å². The van der Waals surface area contributed by atoms with Crippen LogP contribution >= 0.6 is 0 Å². The van der Waals surface area contributed by atoms with E-state index in [0.717, 1.165) is 32.1 Å². The number of hydrogen-bond acceptors (Lipinski definition) is 4. The smallest absolute Gasteiger partial charge is 0.344 e. The summed E-state index contributed by atoms with van der Waals surface area (Å²) in [6.45, 7) is 4.12. The van der Waals surface area contributed by atoms with Crippen molar-refractivity contribution in [1.29, 1.82) is 0 Å². The molecule has 1 unspecified atom stereocenters. The van der Waals surface area contributed by atoms with Crippen molar-refractivity contribution in [3.05, 3.63) is 35.9 Å². The van der Waals surface area contributed by atoms with Crippen molar-refractivity contribution in [2.75, 3.05) is 20.6 Å². The van der Waals surface area contributed by atoms with Crippen molar-refractivity contribution < 1.29 is 14.6 Å². The molecule has 26 heavy (non-hydrogen) atoms. The summed E-state index contributed by atoms with van der Waals surface area (Å²) in [5, 5.41) is 11.5. The van der Waals surface area contributed by atoms with E-state index in [1.54, 1.807) is 26.0 Å². The molecule has 1 aromatic carbocycles. The van der Waals surface area contributed by atoms with E-state index >= 15 is 0 Å². The average Bonchev–Trinajstić information content (AvgIpc) is 2.61. The summed E-state index contributed by atoms with van der Waals surface area (Å²) in [4.78, 5) is 15.1. The molecule has 1 saturated carbocycles. The SMILES string of the molecule is CN(C)CC#CC(C)(C)OC(=O)C(O)(c1ccccc1)C1CCCCC1. The summed E-state index contributed by atoms with van der Waals surface area (Å²) >= 11 is 0. The lowest BCUT2D eigenvalue weighted by Gasteiger charge is -2.38. The van der Waals surface area contributed by atoms with Gasteiger partial charge in [0.2, 0.25) is 0 Å². The minimum Gasteiger partial charge on any atom is -0.444 e. The van der Waals surface area contributed by atoms with Gasteiger partial charge < -0.3 is 9.84 Å². The third-order valence-corrected chi connectivity index (χ3v) is 4.85. The van der Waals surface area contributed by atoms with Crippen LogP contribution in [-0.2, 0) is 15.1 Å². The number of hydrogen-bond donors (Lipinski definition) is 1. The Labute approximate surface area is 157 Å². The van der Waals surface area contributed by atoms with Crippen molar-refractivity contribution in [3.8, 4) is 11.8 Å². The van der Waals surface area contributed by atoms with Gasteiger partial charge in [0.1, 0.15) is 0 Å². The second-order valence-corrected chi connectivity index (χ2v) is 7.91. The second kappa shape index (κ2) is 8.70. The minimum atomic E-state index is -1.62. The highest BCUT2D eigenvalue weighted by molar-refractivity contribution is 5.82. The summed E-state index contributed by atoms with van der Waals surface area (Å²) in [5.74, 6) is 5.29. The van der Waals surface area contributed by atoms with Gasteiger partial charge in [-0.1, -0.05) is 61.4 Å². The second-order valence-electron chi connectivity index (χ2n) is 7.91. The quantitative estimate of drug-likeness (QED) is 0.649. The van der Waals surface area contributed by atoms with Crippen molar-refractivity contribution in [2.24, 2.45) is 5.92 Å². The van der Waals surface area contributed by atoms with E-state index in [2.05, 4.69) is 11.8 Å². The molecular formula is C22H31NO3. The van der Waals surface area contributed by atoms with Gasteiger partial charge in [-0.15, -0.1) is 0 Å². The number of rotatable bonds is 5. The zero-order chi connectivity index (χ0) is 19.2. The molecule has 0 bridgehead atoms. The molecule has 142 valence electrons. The first-order valence-electron chi connectivity index (χ1n) is 9.42. The molecule has 1 aromatic rings. The van der Waals surface area contributed by atoms with Crippen LogP contribution in [0.5, 0.6) is 0 Å². The first kappa shape index (κ1) is 20.5. The summed E-state index contributed by atoms with van der Waals surface area (Å²) < 4.78 is 5.71. The predicted molar refractivity (Wildman–Crippen MR) is 103 cm³/mol. The molecule has 0 spiro atoms. The lowest BCUT2D eigenvalue weighted by Crippen LogP contribution is -2.47. The lowest BCUT2D eigenvalue weighted by molar-refractivity contribution is -0.184. The number of benzene rings is 1. The third-order valence-electron chi connectivity index (χ3n) is 4.85. The van der Waals surface area contributed by atoms with Crippen LogP contribution in [0.3, 0.4) is 0 Å². The Bertz CT molecular complexity index is 651. The zero-order valence-corrected chi connectivity index (χ0v) is 16.4. The van der Waals surface area contributed by atoms with E-state index in [0.29, 0.717) is 12.1 Å². The Hall–Kier alpha value is -1.83. The van der Waals surface area contributed by atoms with E-state index in [1.807, 2.05) is 37.2 Å². The monoisotopic (exact) mass is 357 g/mol. The minimum absolute atomic E-state index is 0.128. The topological polar surface area (TPSA) is 49.8 Å². The maximum Gasteiger partial charge on any atom is 0.344 e. The fourth-order valence-electron chi connectivity index (χ4n) is 3.48. The van der Waals surface area contributed by atoms with E-state index in [9.17, 15) is 9.90 Å². The molecule has 1 fully saturated rings. The van der Waals surface area contributed by atoms with Crippen LogP contribution in [0.1, 0.15) is 51.5 Å². The van der Waals surface area contributed by atoms with Crippen LogP contribution in [0.15, 0.2) is 30.3 Å². The van der Waals surface area contributed by atoms with Crippen LogP contribution in [-0.4, -0.2) is 42.2 Å². The molecule has 4 heteroatoms. The number of carbonyl (C=O) groups excluding carboxylic acids is 1. The highest BCUT2D eigenvalue weighted by atomic mass is 16.6. The van der Waals surface area contributed by atoms with Crippen molar-refractivity contribution >= 4 is 5.97 Å². The molecule has 0 heterocycles. The fraction of sp³-hybridized carbons (Fsp3) is 0.591. The third kappa shape index (κ3) is 5.09. The zero-order valence-electron chi connectivity index (χ0n) is 16.4. The maximum atomic E-state index is 13.1. The Morgan fingerprint density at radius 2 is 1.81 bits per heavy atom. The van der Waals surface area contributed by atoms with E-state index in [1.165, 1.54) is 0 Å². The molecular weight excluding hydrogens is 326 g/mol. The Morgan fingerprint density at radius 1 is 1.19 bits per heavy atom. The van der Waals surface area contributed by atoms with E-state index in [-0.39, 0.29) is 5.92 Å². The summed E-state index contributed by atoms with van der Waals surface area (Å²) in [6.07, 6.45) is 4.86. The van der Waals surface area contributed by atoms with Crippen molar-refractivity contribution in [2.45, 2.75) is 57.2 Å². The van der Waals surface area contributed by atoms with Gasteiger partial charge in [-0.2, -0.15) is 0 Å². The molecule has 0 aromatic heterocycles. The highest BCUT2D eigenvalue weighted by Gasteiger charge is 2.48. The van der Waals surface area contributed by atoms with Crippen molar-refractivity contribution in [1.82, 2.24) is 4.90 Å². The molecule has 2 rings (SSSR count). The molecule has 1 aliphatic carbocycles. The molecule has 1 aliphatic rings. The van der Waals surface area contributed by atoms with Gasteiger partial charge in [-0.05, 0) is 46.3 Å². The highest BCUT2D eigenvalue weighted by Crippen LogP contribution is 2.41. The lowest BCUT2D eigenvalue weighted by atomic mass is 9.73. The number of carbonyl (C=O) groups is 1. The molecule has 0 saturated heterocycles. The van der Waals surface area contributed by atoms with Crippen molar-refractivity contribution in [3.63, 3.8) is 0 Å². The Balaban J connectivity index is 2.27. The van der Waals surface area contributed by atoms with Gasteiger partial charge in [0.05, 0.1) is 6.54 Å². The molecule has 1 atom stereocenters. The number of aliphatic hydroxyl groups is 1. The van der Waals surface area contributed by atoms with Crippen LogP contribution < -0.4 is 0 Å². The molecule has 0 radical (unpaired) electrons. The van der Waals surface area contributed by atoms with Crippen LogP contribution in [0.25, 0.3) is 0 Å². The van der Waals surface area contributed by atoms with Crippen LogP contribution in [0, 0.1) is 17.8 Å². The number of ether oxygens (including phenoxy) is 1. The molecule has 1 N–H and O–H groups in total.